The van der Waals surface area contributed by atoms with Crippen molar-refractivity contribution in [3.63, 3.8) is 0 Å². The summed E-state index contributed by atoms with van der Waals surface area (Å²) in [5, 5.41) is 2.36. The molecule has 2 aromatic carbocycles. The third-order valence-electron chi connectivity index (χ3n) is 3.04. The van der Waals surface area contributed by atoms with Crippen molar-refractivity contribution < 1.29 is 4.79 Å². The van der Waals surface area contributed by atoms with Crippen LogP contribution in [0.2, 0.25) is 0 Å². The quantitative estimate of drug-likeness (QED) is 0.570. The van der Waals surface area contributed by atoms with Gasteiger partial charge in [0.2, 0.25) is 0 Å². The van der Waals surface area contributed by atoms with Crippen LogP contribution in [0.25, 0.3) is 10.8 Å². The van der Waals surface area contributed by atoms with Gasteiger partial charge in [-0.15, -0.1) is 12.3 Å². The topological polar surface area (TPSA) is 17.1 Å². The fourth-order valence-electron chi connectivity index (χ4n) is 2.14. The van der Waals surface area contributed by atoms with E-state index >= 15 is 0 Å². The molecule has 0 amide bonds. The van der Waals surface area contributed by atoms with Crippen molar-refractivity contribution in [3.05, 3.63) is 48.0 Å². The first-order valence-corrected chi connectivity index (χ1v) is 6.23. The van der Waals surface area contributed by atoms with Crippen LogP contribution in [-0.4, -0.2) is 5.78 Å². The number of rotatable bonds is 5. The molecule has 0 aliphatic heterocycles. The van der Waals surface area contributed by atoms with Gasteiger partial charge in [0.05, 0.1) is 0 Å². The minimum Gasteiger partial charge on any atom is -0.299 e. The van der Waals surface area contributed by atoms with E-state index in [1.807, 2.05) is 24.3 Å². The molecule has 0 heterocycles. The molecular weight excluding hydrogens is 220 g/mol. The summed E-state index contributed by atoms with van der Waals surface area (Å²) < 4.78 is 0. The fourth-order valence-corrected chi connectivity index (χ4v) is 2.14. The van der Waals surface area contributed by atoms with Crippen molar-refractivity contribution in [1.82, 2.24) is 0 Å². The van der Waals surface area contributed by atoms with E-state index in [0.29, 0.717) is 19.3 Å². The minimum atomic E-state index is 0.265. The van der Waals surface area contributed by atoms with E-state index in [0.717, 1.165) is 12.0 Å². The Morgan fingerprint density at radius 2 is 1.89 bits per heavy atom. The molecule has 0 saturated carbocycles. The zero-order valence-corrected chi connectivity index (χ0v) is 10.4. The first-order valence-electron chi connectivity index (χ1n) is 6.23. The maximum absolute atomic E-state index is 11.9. The van der Waals surface area contributed by atoms with E-state index in [2.05, 4.69) is 24.1 Å². The maximum atomic E-state index is 11.9. The summed E-state index contributed by atoms with van der Waals surface area (Å²) in [6.07, 6.45) is 7.74. The maximum Gasteiger partial charge on any atom is 0.137 e. The van der Waals surface area contributed by atoms with Gasteiger partial charge in [0.25, 0.3) is 0 Å². The second kappa shape index (κ2) is 6.02. The van der Waals surface area contributed by atoms with E-state index in [4.69, 9.17) is 6.42 Å². The number of unbranched alkanes of at least 4 members (excludes halogenated alkanes) is 1. The first-order chi connectivity index (χ1) is 8.81. The third-order valence-corrected chi connectivity index (χ3v) is 3.04. The summed E-state index contributed by atoms with van der Waals surface area (Å²) in [4.78, 5) is 11.9. The van der Waals surface area contributed by atoms with Crippen LogP contribution in [0.5, 0.6) is 0 Å². The Bertz CT molecular complexity index is 585. The second-order valence-electron chi connectivity index (χ2n) is 4.41. The number of Topliss-reactive ketones (excluding diaryl/α,β-unsaturated/α-hetero) is 1. The molecule has 0 aromatic heterocycles. The fraction of sp³-hybridized carbons (Fsp3) is 0.235. The van der Waals surface area contributed by atoms with Crippen LogP contribution >= 0.6 is 0 Å². The van der Waals surface area contributed by atoms with Crippen molar-refractivity contribution in [1.29, 1.82) is 0 Å². The van der Waals surface area contributed by atoms with Gasteiger partial charge in [0.1, 0.15) is 5.78 Å². The Kier molecular flexibility index (Phi) is 4.15. The van der Waals surface area contributed by atoms with Gasteiger partial charge < -0.3 is 0 Å². The van der Waals surface area contributed by atoms with E-state index < -0.39 is 0 Å². The number of terminal acetylenes is 1. The van der Waals surface area contributed by atoms with Gasteiger partial charge in [0, 0.05) is 19.3 Å². The van der Waals surface area contributed by atoms with Gasteiger partial charge in [-0.2, -0.15) is 0 Å². The molecule has 0 aliphatic rings. The lowest BCUT2D eigenvalue weighted by Gasteiger charge is -2.05. The molecule has 0 aliphatic carbocycles. The van der Waals surface area contributed by atoms with Gasteiger partial charge in [-0.1, -0.05) is 42.5 Å². The SMILES string of the molecule is C#CCCCC(=O)Cc1cccc2ccccc12. The average molecular weight is 236 g/mol. The molecule has 2 aromatic rings. The summed E-state index contributed by atoms with van der Waals surface area (Å²) in [6, 6.07) is 14.3. The Labute approximate surface area is 108 Å². The highest BCUT2D eigenvalue weighted by atomic mass is 16.1. The van der Waals surface area contributed by atoms with E-state index in [-0.39, 0.29) is 5.78 Å². The third kappa shape index (κ3) is 2.99. The van der Waals surface area contributed by atoms with E-state index in [9.17, 15) is 4.79 Å². The normalized spacial score (nSPS) is 10.2. The summed E-state index contributed by atoms with van der Waals surface area (Å²) in [7, 11) is 0. The molecule has 0 spiro atoms. The van der Waals surface area contributed by atoms with Crippen molar-refractivity contribution in [2.45, 2.75) is 25.7 Å². The molecular formula is C17H16O. The Morgan fingerprint density at radius 1 is 1.11 bits per heavy atom. The van der Waals surface area contributed by atoms with Gasteiger partial charge in [-0.25, -0.2) is 0 Å². The molecule has 1 heteroatoms. The lowest BCUT2D eigenvalue weighted by atomic mass is 9.99. The van der Waals surface area contributed by atoms with E-state index in [1.54, 1.807) is 0 Å². The molecule has 0 fully saturated rings. The predicted molar refractivity (Wildman–Crippen MR) is 75.3 cm³/mol. The molecule has 0 bridgehead atoms. The molecule has 2 rings (SSSR count). The monoisotopic (exact) mass is 236 g/mol. The standard InChI is InChI=1S/C17H16O/c1-2-3-4-11-16(18)13-15-10-7-9-14-8-5-6-12-17(14)15/h1,5-10,12H,3-4,11,13H2. The largest absolute Gasteiger partial charge is 0.299 e. The van der Waals surface area contributed by atoms with Crippen LogP contribution in [0.4, 0.5) is 0 Å². The molecule has 0 unspecified atom stereocenters. The van der Waals surface area contributed by atoms with Crippen LogP contribution in [-0.2, 0) is 11.2 Å². The lowest BCUT2D eigenvalue weighted by Crippen LogP contribution is -2.02. The Morgan fingerprint density at radius 3 is 2.72 bits per heavy atom. The number of ketones is 1. The average Bonchev–Trinajstić information content (AvgIpc) is 2.39. The van der Waals surface area contributed by atoms with Crippen LogP contribution < -0.4 is 0 Å². The zero-order chi connectivity index (χ0) is 12.8. The number of benzene rings is 2. The van der Waals surface area contributed by atoms with Crippen LogP contribution in [0.15, 0.2) is 42.5 Å². The molecule has 90 valence electrons. The van der Waals surface area contributed by atoms with Crippen molar-refractivity contribution in [3.8, 4) is 12.3 Å². The predicted octanol–water partition coefficient (Wildman–Crippen LogP) is 3.75. The van der Waals surface area contributed by atoms with E-state index in [1.165, 1.54) is 10.8 Å². The number of hydrogen-bond acceptors (Lipinski definition) is 1. The highest BCUT2D eigenvalue weighted by Crippen LogP contribution is 2.19. The summed E-state index contributed by atoms with van der Waals surface area (Å²) >= 11 is 0. The Hall–Kier alpha value is -2.07. The first kappa shape index (κ1) is 12.4. The number of carbonyl (C=O) groups excluding carboxylic acids is 1. The number of fused-ring (bicyclic) bond motifs is 1. The van der Waals surface area contributed by atoms with Gasteiger partial charge >= 0.3 is 0 Å². The van der Waals surface area contributed by atoms with Crippen LogP contribution in [0.1, 0.15) is 24.8 Å². The van der Waals surface area contributed by atoms with Crippen molar-refractivity contribution in [2.75, 3.05) is 0 Å². The second-order valence-corrected chi connectivity index (χ2v) is 4.41. The molecule has 0 atom stereocenters. The number of hydrogen-bond donors (Lipinski definition) is 0. The minimum absolute atomic E-state index is 0.265. The lowest BCUT2D eigenvalue weighted by molar-refractivity contribution is -0.118. The summed E-state index contributed by atoms with van der Waals surface area (Å²) in [5.74, 6) is 2.83. The smallest absolute Gasteiger partial charge is 0.137 e. The number of carbonyl (C=O) groups is 1. The molecule has 0 saturated heterocycles. The van der Waals surface area contributed by atoms with Crippen LogP contribution in [0.3, 0.4) is 0 Å². The van der Waals surface area contributed by atoms with Gasteiger partial charge in [-0.05, 0) is 22.8 Å². The van der Waals surface area contributed by atoms with Gasteiger partial charge in [0.15, 0.2) is 0 Å². The van der Waals surface area contributed by atoms with Crippen molar-refractivity contribution in [2.24, 2.45) is 0 Å². The van der Waals surface area contributed by atoms with Gasteiger partial charge in [-0.3, -0.25) is 4.79 Å². The molecule has 0 radical (unpaired) electrons. The zero-order valence-electron chi connectivity index (χ0n) is 10.4. The highest BCUT2D eigenvalue weighted by molar-refractivity contribution is 5.90. The summed E-state index contributed by atoms with van der Waals surface area (Å²) in [5.41, 5.74) is 1.11. The molecule has 1 nitrogen and oxygen atoms in total. The van der Waals surface area contributed by atoms with Crippen molar-refractivity contribution >= 4 is 16.6 Å². The van der Waals surface area contributed by atoms with Crippen LogP contribution in [0, 0.1) is 12.3 Å². The summed E-state index contributed by atoms with van der Waals surface area (Å²) in [6.45, 7) is 0. The molecule has 18 heavy (non-hydrogen) atoms. The Balaban J connectivity index is 2.12. The highest BCUT2D eigenvalue weighted by Gasteiger charge is 2.06. The molecule has 0 N–H and O–H groups in total.